The van der Waals surface area contributed by atoms with E-state index in [1.165, 1.54) is 10.4 Å². The van der Waals surface area contributed by atoms with Crippen molar-refractivity contribution in [1.29, 1.82) is 0 Å². The van der Waals surface area contributed by atoms with Gasteiger partial charge in [0.2, 0.25) is 0 Å². The first-order valence-electron chi connectivity index (χ1n) is 5.54. The van der Waals surface area contributed by atoms with Gasteiger partial charge in [0.1, 0.15) is 11.1 Å². The summed E-state index contributed by atoms with van der Waals surface area (Å²) in [5, 5.41) is 2.11. The third kappa shape index (κ3) is 0.961. The topological polar surface area (TPSA) is 29.5 Å². The Labute approximate surface area is 99.0 Å². The van der Waals surface area contributed by atoms with Gasteiger partial charge < -0.3 is 4.74 Å². The summed E-state index contributed by atoms with van der Waals surface area (Å²) in [5.74, 6) is 0. The maximum absolute atomic E-state index is 11.9. The predicted molar refractivity (Wildman–Crippen MR) is 62.6 cm³/mol. The van der Waals surface area contributed by atoms with E-state index in [1.807, 2.05) is 18.7 Å². The number of carbonyl (C=O) groups is 1. The summed E-state index contributed by atoms with van der Waals surface area (Å²) in [6.45, 7) is 6.88. The van der Waals surface area contributed by atoms with Crippen molar-refractivity contribution in [1.82, 2.24) is 4.90 Å². The minimum absolute atomic E-state index is 0.177. The minimum atomic E-state index is -0.458. The Hall–Kier alpha value is -1.03. The lowest BCUT2D eigenvalue weighted by atomic mass is 9.75. The second kappa shape index (κ2) is 2.80. The lowest BCUT2D eigenvalue weighted by molar-refractivity contribution is 0.0196. The van der Waals surface area contributed by atoms with Crippen molar-refractivity contribution in [2.75, 3.05) is 6.54 Å². The van der Waals surface area contributed by atoms with Crippen LogP contribution in [0.2, 0.25) is 0 Å². The van der Waals surface area contributed by atoms with E-state index in [0.717, 1.165) is 13.0 Å². The van der Waals surface area contributed by atoms with Crippen LogP contribution in [0, 0.1) is 0 Å². The quantitative estimate of drug-likeness (QED) is 0.694. The zero-order chi connectivity index (χ0) is 11.6. The number of fused-ring (bicyclic) bond motifs is 3. The van der Waals surface area contributed by atoms with E-state index in [0.29, 0.717) is 0 Å². The Bertz CT molecular complexity index is 465. The van der Waals surface area contributed by atoms with Gasteiger partial charge in [-0.2, -0.15) is 0 Å². The van der Waals surface area contributed by atoms with Crippen molar-refractivity contribution in [2.45, 2.75) is 38.3 Å². The zero-order valence-electron chi connectivity index (χ0n) is 9.74. The summed E-state index contributed by atoms with van der Waals surface area (Å²) in [6, 6.07) is 2.13. The van der Waals surface area contributed by atoms with Gasteiger partial charge in [0.05, 0.1) is 0 Å². The summed E-state index contributed by atoms with van der Waals surface area (Å²) < 4.78 is 5.52. The standard InChI is InChI=1S/C12H15NO2S/c1-11(2)12(3)8-5-7-16-9(8)4-6-13(12)10(14)15-11/h5,7H,4,6H2,1-3H3. The molecule has 1 fully saturated rings. The van der Waals surface area contributed by atoms with Crippen LogP contribution in [0.5, 0.6) is 0 Å². The molecule has 1 aromatic heterocycles. The van der Waals surface area contributed by atoms with Gasteiger partial charge in [-0.25, -0.2) is 4.79 Å². The number of ether oxygens (including phenoxy) is 1. The van der Waals surface area contributed by atoms with Crippen LogP contribution >= 0.6 is 11.3 Å². The summed E-state index contributed by atoms with van der Waals surface area (Å²) in [7, 11) is 0. The fourth-order valence-electron chi connectivity index (χ4n) is 2.85. The van der Waals surface area contributed by atoms with E-state index in [9.17, 15) is 4.79 Å². The molecule has 3 nitrogen and oxygen atoms in total. The normalized spacial score (nSPS) is 30.9. The van der Waals surface area contributed by atoms with Crippen LogP contribution in [0.25, 0.3) is 0 Å². The molecule has 4 heteroatoms. The highest BCUT2D eigenvalue weighted by Gasteiger charge is 2.60. The first-order valence-corrected chi connectivity index (χ1v) is 6.42. The van der Waals surface area contributed by atoms with Gasteiger partial charge in [-0.1, -0.05) is 0 Å². The number of carbonyl (C=O) groups excluding carboxylic acids is 1. The predicted octanol–water partition coefficient (Wildman–Crippen LogP) is 2.75. The summed E-state index contributed by atoms with van der Waals surface area (Å²) in [5.41, 5.74) is 0.498. The van der Waals surface area contributed by atoms with Crippen molar-refractivity contribution in [3.8, 4) is 0 Å². The minimum Gasteiger partial charge on any atom is -0.440 e. The molecule has 1 aromatic rings. The Morgan fingerprint density at radius 2 is 2.19 bits per heavy atom. The SMILES string of the molecule is CC1(C)OC(=O)N2CCc3sccc3C21C. The average molecular weight is 237 g/mol. The van der Waals surface area contributed by atoms with Crippen LogP contribution in [-0.2, 0) is 16.7 Å². The van der Waals surface area contributed by atoms with E-state index in [-0.39, 0.29) is 11.6 Å². The molecule has 16 heavy (non-hydrogen) atoms. The van der Waals surface area contributed by atoms with Gasteiger partial charge in [-0.15, -0.1) is 11.3 Å². The summed E-state index contributed by atoms with van der Waals surface area (Å²) >= 11 is 1.78. The van der Waals surface area contributed by atoms with Gasteiger partial charge in [0.25, 0.3) is 0 Å². The molecule has 0 aromatic carbocycles. The summed E-state index contributed by atoms with van der Waals surface area (Å²) in [4.78, 5) is 15.1. The zero-order valence-corrected chi connectivity index (χ0v) is 10.6. The Morgan fingerprint density at radius 3 is 2.94 bits per heavy atom. The number of hydrogen-bond acceptors (Lipinski definition) is 3. The summed E-state index contributed by atoms with van der Waals surface area (Å²) in [6.07, 6.45) is 0.776. The molecular weight excluding hydrogens is 222 g/mol. The molecule has 0 saturated carbocycles. The van der Waals surface area contributed by atoms with Crippen molar-refractivity contribution >= 4 is 17.4 Å². The second-order valence-electron chi connectivity index (χ2n) is 5.11. The third-order valence-electron chi connectivity index (χ3n) is 4.11. The highest BCUT2D eigenvalue weighted by atomic mass is 32.1. The number of nitrogens with zero attached hydrogens (tertiary/aromatic N) is 1. The molecule has 0 spiro atoms. The Balaban J connectivity index is 2.23. The lowest BCUT2D eigenvalue weighted by Crippen LogP contribution is -2.53. The first-order chi connectivity index (χ1) is 7.47. The Morgan fingerprint density at radius 1 is 1.44 bits per heavy atom. The van der Waals surface area contributed by atoms with Crippen LogP contribution in [0.15, 0.2) is 11.4 Å². The highest BCUT2D eigenvalue weighted by Crippen LogP contribution is 2.50. The molecule has 1 unspecified atom stereocenters. The highest BCUT2D eigenvalue weighted by molar-refractivity contribution is 7.10. The van der Waals surface area contributed by atoms with Gasteiger partial charge in [-0.05, 0) is 44.2 Å². The molecule has 3 heterocycles. The molecule has 1 amide bonds. The van der Waals surface area contributed by atoms with Crippen LogP contribution < -0.4 is 0 Å². The van der Waals surface area contributed by atoms with E-state index in [4.69, 9.17) is 4.74 Å². The average Bonchev–Trinajstić information content (AvgIpc) is 2.70. The fraction of sp³-hybridized carbons (Fsp3) is 0.583. The van der Waals surface area contributed by atoms with Crippen molar-refractivity contribution in [3.05, 3.63) is 21.9 Å². The van der Waals surface area contributed by atoms with E-state index in [1.54, 1.807) is 11.3 Å². The first kappa shape index (κ1) is 10.1. The number of rotatable bonds is 0. The molecule has 1 atom stereocenters. The molecule has 86 valence electrons. The molecule has 3 rings (SSSR count). The van der Waals surface area contributed by atoms with E-state index >= 15 is 0 Å². The smallest absolute Gasteiger partial charge is 0.411 e. The van der Waals surface area contributed by atoms with Gasteiger partial charge in [0, 0.05) is 11.4 Å². The van der Waals surface area contributed by atoms with Crippen molar-refractivity contribution in [3.63, 3.8) is 0 Å². The molecule has 1 saturated heterocycles. The fourth-order valence-corrected chi connectivity index (χ4v) is 3.82. The van der Waals surface area contributed by atoms with Gasteiger partial charge in [0.15, 0.2) is 0 Å². The molecule has 0 bridgehead atoms. The lowest BCUT2D eigenvalue weighted by Gasteiger charge is -2.43. The van der Waals surface area contributed by atoms with Crippen LogP contribution in [-0.4, -0.2) is 23.1 Å². The number of hydrogen-bond donors (Lipinski definition) is 0. The number of amides is 1. The van der Waals surface area contributed by atoms with Crippen LogP contribution in [0.3, 0.4) is 0 Å². The number of cyclic esters (lactones) is 1. The van der Waals surface area contributed by atoms with Crippen LogP contribution in [0.4, 0.5) is 4.79 Å². The molecule has 2 aliphatic heterocycles. The van der Waals surface area contributed by atoms with Gasteiger partial charge >= 0.3 is 6.09 Å². The molecule has 0 radical (unpaired) electrons. The van der Waals surface area contributed by atoms with Gasteiger partial charge in [-0.3, -0.25) is 4.90 Å². The largest absolute Gasteiger partial charge is 0.440 e. The van der Waals surface area contributed by atoms with Crippen LogP contribution in [0.1, 0.15) is 31.2 Å². The molecular formula is C12H15NO2S. The third-order valence-corrected chi connectivity index (χ3v) is 5.09. The number of thiophene rings is 1. The maximum atomic E-state index is 11.9. The van der Waals surface area contributed by atoms with Crippen molar-refractivity contribution in [2.24, 2.45) is 0 Å². The molecule has 0 aliphatic carbocycles. The maximum Gasteiger partial charge on any atom is 0.411 e. The van der Waals surface area contributed by atoms with E-state index < -0.39 is 5.60 Å². The molecule has 2 aliphatic rings. The second-order valence-corrected chi connectivity index (χ2v) is 6.11. The van der Waals surface area contributed by atoms with Crippen molar-refractivity contribution < 1.29 is 9.53 Å². The molecule has 0 N–H and O–H groups in total. The monoisotopic (exact) mass is 237 g/mol. The van der Waals surface area contributed by atoms with E-state index in [2.05, 4.69) is 18.4 Å². The Kier molecular flexibility index (Phi) is 1.78.